The van der Waals surface area contributed by atoms with Gasteiger partial charge in [0.05, 0.1) is 28.5 Å². The van der Waals surface area contributed by atoms with Crippen molar-refractivity contribution in [1.82, 2.24) is 15.0 Å². The zero-order valence-corrected chi connectivity index (χ0v) is 18.3. The predicted octanol–water partition coefficient (Wildman–Crippen LogP) is 5.30. The first kappa shape index (κ1) is 22.4. The van der Waals surface area contributed by atoms with Gasteiger partial charge in [-0.25, -0.2) is 14.7 Å². The highest BCUT2D eigenvalue weighted by Gasteiger charge is 2.39. The predicted molar refractivity (Wildman–Crippen MR) is 121 cm³/mol. The standard InChI is InChI=1S/C24H18F3N5O3/c1-2-14-9-16(3-4-19(14)35-20-6-8-30-22-18(20)5-7-29-22)32-21(33)13-31(23(32)34)17-10-15(11-28-12-17)24(25,26)27/h3-12H,2,13H2,1H3,(H,29,30). The van der Waals surface area contributed by atoms with Crippen molar-refractivity contribution >= 4 is 34.3 Å². The van der Waals surface area contributed by atoms with Crippen molar-refractivity contribution in [2.45, 2.75) is 19.5 Å². The summed E-state index contributed by atoms with van der Waals surface area (Å²) in [7, 11) is 0. The molecule has 0 spiro atoms. The summed E-state index contributed by atoms with van der Waals surface area (Å²) in [6, 6.07) is 8.50. The summed E-state index contributed by atoms with van der Waals surface area (Å²) in [6.07, 6.45) is 1.08. The maximum absolute atomic E-state index is 13.1. The number of anilines is 2. The van der Waals surface area contributed by atoms with E-state index in [1.54, 1.807) is 36.7 Å². The highest BCUT2D eigenvalue weighted by molar-refractivity contribution is 6.27. The largest absolute Gasteiger partial charge is 0.456 e. The number of rotatable bonds is 5. The average molecular weight is 481 g/mol. The Morgan fingerprint density at radius 3 is 2.66 bits per heavy atom. The van der Waals surface area contributed by atoms with Crippen LogP contribution in [0, 0.1) is 0 Å². The number of aromatic amines is 1. The number of hydrogen-bond acceptors (Lipinski definition) is 5. The number of pyridine rings is 2. The van der Waals surface area contributed by atoms with Crippen LogP contribution in [0.15, 0.2) is 61.2 Å². The minimum absolute atomic E-state index is 0.107. The number of hydrogen-bond donors (Lipinski definition) is 1. The van der Waals surface area contributed by atoms with E-state index in [4.69, 9.17) is 4.74 Å². The molecule has 0 saturated carbocycles. The van der Waals surface area contributed by atoms with Crippen LogP contribution in [0.3, 0.4) is 0 Å². The number of halogens is 3. The first-order valence-electron chi connectivity index (χ1n) is 10.7. The summed E-state index contributed by atoms with van der Waals surface area (Å²) in [5.41, 5.74) is 0.603. The van der Waals surface area contributed by atoms with Gasteiger partial charge in [-0.1, -0.05) is 6.92 Å². The second-order valence-corrected chi connectivity index (χ2v) is 7.82. The smallest absolute Gasteiger partial charge is 0.417 e. The van der Waals surface area contributed by atoms with Gasteiger partial charge in [-0.15, -0.1) is 0 Å². The summed E-state index contributed by atoms with van der Waals surface area (Å²) in [5, 5.41) is 0.800. The van der Waals surface area contributed by atoms with Crippen molar-refractivity contribution in [1.29, 1.82) is 0 Å². The Balaban J connectivity index is 1.44. The Kier molecular flexibility index (Phi) is 5.39. The molecule has 0 atom stereocenters. The molecule has 8 nitrogen and oxygen atoms in total. The van der Waals surface area contributed by atoms with E-state index in [-0.39, 0.29) is 5.69 Å². The molecular weight excluding hydrogens is 463 g/mol. The number of ether oxygens (including phenoxy) is 1. The number of nitrogens with one attached hydrogen (secondary N) is 1. The first-order chi connectivity index (χ1) is 16.8. The molecule has 11 heteroatoms. The van der Waals surface area contributed by atoms with Gasteiger partial charge in [-0.3, -0.25) is 14.7 Å². The summed E-state index contributed by atoms with van der Waals surface area (Å²) in [5.74, 6) is 0.574. The summed E-state index contributed by atoms with van der Waals surface area (Å²) in [6.45, 7) is 1.50. The molecule has 4 heterocycles. The Morgan fingerprint density at radius 1 is 1.06 bits per heavy atom. The van der Waals surface area contributed by atoms with Crippen LogP contribution >= 0.6 is 0 Å². The number of nitrogens with zero attached hydrogens (tertiary/aromatic N) is 4. The normalized spacial score (nSPS) is 14.3. The third-order valence-electron chi connectivity index (χ3n) is 5.65. The van der Waals surface area contributed by atoms with Gasteiger partial charge in [0.2, 0.25) is 0 Å². The lowest BCUT2D eigenvalue weighted by Gasteiger charge is -2.19. The fourth-order valence-corrected chi connectivity index (χ4v) is 3.91. The highest BCUT2D eigenvalue weighted by Crippen LogP contribution is 2.35. The SMILES string of the molecule is CCc1cc(N2C(=O)CN(c3cncc(C(F)(F)F)c3)C2=O)ccc1Oc1ccnc2[nH]ccc12. The first-order valence-corrected chi connectivity index (χ1v) is 10.7. The fraction of sp³-hybridized carbons (Fsp3) is 0.167. The van der Waals surface area contributed by atoms with Crippen LogP contribution in [0.2, 0.25) is 0 Å². The van der Waals surface area contributed by atoms with Crippen molar-refractivity contribution in [2.24, 2.45) is 0 Å². The van der Waals surface area contributed by atoms with Crippen LogP contribution in [0.1, 0.15) is 18.1 Å². The van der Waals surface area contributed by atoms with Gasteiger partial charge < -0.3 is 9.72 Å². The van der Waals surface area contributed by atoms with Crippen LogP contribution in [0.4, 0.5) is 29.3 Å². The lowest BCUT2D eigenvalue weighted by Crippen LogP contribution is -2.33. The Hall–Kier alpha value is -4.41. The van der Waals surface area contributed by atoms with E-state index in [0.717, 1.165) is 33.0 Å². The van der Waals surface area contributed by atoms with Gasteiger partial charge in [0.1, 0.15) is 23.7 Å². The van der Waals surface area contributed by atoms with E-state index >= 15 is 0 Å². The Bertz CT molecular complexity index is 1450. The molecule has 0 aliphatic carbocycles. The molecule has 0 bridgehead atoms. The number of aryl methyl sites for hydroxylation is 1. The number of alkyl halides is 3. The van der Waals surface area contributed by atoms with Crippen molar-refractivity contribution in [3.05, 3.63) is 72.3 Å². The van der Waals surface area contributed by atoms with Gasteiger partial charge in [-0.05, 0) is 48.4 Å². The molecular formula is C24H18F3N5O3. The molecule has 0 unspecified atom stereocenters. The number of imide groups is 1. The quantitative estimate of drug-likeness (QED) is 0.391. The van der Waals surface area contributed by atoms with Crippen LogP contribution < -0.4 is 14.5 Å². The molecule has 0 radical (unpaired) electrons. The third kappa shape index (κ3) is 4.05. The van der Waals surface area contributed by atoms with E-state index in [1.165, 1.54) is 0 Å². The number of urea groups is 1. The van der Waals surface area contributed by atoms with Gasteiger partial charge in [0.15, 0.2) is 0 Å². The minimum atomic E-state index is -4.62. The van der Waals surface area contributed by atoms with E-state index < -0.39 is 30.2 Å². The lowest BCUT2D eigenvalue weighted by atomic mass is 10.1. The van der Waals surface area contributed by atoms with Crippen LogP contribution in [0.5, 0.6) is 11.5 Å². The van der Waals surface area contributed by atoms with Crippen LogP contribution in [-0.4, -0.2) is 33.4 Å². The van der Waals surface area contributed by atoms with Gasteiger partial charge in [0, 0.05) is 18.6 Å². The Labute approximate surface area is 197 Å². The summed E-state index contributed by atoms with van der Waals surface area (Å²) < 4.78 is 45.3. The summed E-state index contributed by atoms with van der Waals surface area (Å²) in [4.78, 5) is 38.5. The molecule has 1 saturated heterocycles. The maximum atomic E-state index is 13.1. The number of fused-ring (bicyclic) bond motifs is 1. The van der Waals surface area contributed by atoms with Gasteiger partial charge in [-0.2, -0.15) is 13.2 Å². The second kappa shape index (κ2) is 8.42. The van der Waals surface area contributed by atoms with Crippen LogP contribution in [-0.2, 0) is 17.4 Å². The van der Waals surface area contributed by atoms with Crippen molar-refractivity contribution in [3.8, 4) is 11.5 Å². The van der Waals surface area contributed by atoms with E-state index in [2.05, 4.69) is 15.0 Å². The molecule has 4 aromatic rings. The number of H-pyrrole nitrogens is 1. The minimum Gasteiger partial charge on any atom is -0.456 e. The van der Waals surface area contributed by atoms with Crippen molar-refractivity contribution < 1.29 is 27.5 Å². The molecule has 1 aliphatic heterocycles. The lowest BCUT2D eigenvalue weighted by molar-refractivity contribution is -0.137. The topological polar surface area (TPSA) is 91.4 Å². The van der Waals surface area contributed by atoms with Gasteiger partial charge >= 0.3 is 12.2 Å². The molecule has 1 fully saturated rings. The second-order valence-electron chi connectivity index (χ2n) is 7.82. The molecule has 178 valence electrons. The van der Waals surface area contributed by atoms with E-state index in [0.29, 0.717) is 35.5 Å². The number of aromatic nitrogens is 3. The average Bonchev–Trinajstić information content (AvgIpc) is 3.43. The van der Waals surface area contributed by atoms with Crippen molar-refractivity contribution in [3.63, 3.8) is 0 Å². The van der Waals surface area contributed by atoms with E-state index in [9.17, 15) is 22.8 Å². The van der Waals surface area contributed by atoms with E-state index in [1.807, 2.05) is 13.0 Å². The zero-order valence-electron chi connectivity index (χ0n) is 18.3. The van der Waals surface area contributed by atoms with Crippen LogP contribution in [0.25, 0.3) is 11.0 Å². The molecule has 3 aromatic heterocycles. The van der Waals surface area contributed by atoms with Crippen molar-refractivity contribution in [2.75, 3.05) is 16.3 Å². The molecule has 1 N–H and O–H groups in total. The number of benzene rings is 1. The number of amides is 3. The third-order valence-corrected chi connectivity index (χ3v) is 5.65. The molecule has 1 aromatic carbocycles. The molecule has 5 rings (SSSR count). The highest BCUT2D eigenvalue weighted by atomic mass is 19.4. The molecule has 35 heavy (non-hydrogen) atoms. The maximum Gasteiger partial charge on any atom is 0.417 e. The molecule has 3 amide bonds. The summed E-state index contributed by atoms with van der Waals surface area (Å²) >= 11 is 0. The fourth-order valence-electron chi connectivity index (χ4n) is 3.91. The zero-order chi connectivity index (χ0) is 24.7. The van der Waals surface area contributed by atoms with Gasteiger partial charge in [0.25, 0.3) is 5.91 Å². The monoisotopic (exact) mass is 481 g/mol. The number of carbonyl (C=O) groups is 2. The molecule has 1 aliphatic rings. The Morgan fingerprint density at radius 2 is 1.89 bits per heavy atom. The number of carbonyl (C=O) groups excluding carboxylic acids is 2.